The first kappa shape index (κ1) is 11.1. The third-order valence-electron chi connectivity index (χ3n) is 2.61. The van der Waals surface area contributed by atoms with E-state index in [9.17, 15) is 0 Å². The zero-order chi connectivity index (χ0) is 12.7. The van der Waals surface area contributed by atoms with E-state index in [1.165, 1.54) is 11.3 Å². The lowest BCUT2D eigenvalue weighted by atomic mass is 10.2. The van der Waals surface area contributed by atoms with Gasteiger partial charge < -0.3 is 5.73 Å². The topological polar surface area (TPSA) is 82.0 Å². The molecule has 2 N–H and O–H groups in total. The minimum absolute atomic E-state index is 0.282. The SMILES string of the molecule is CC(C)c1nnc2sc(-c3ccncc3N)nn12. The summed E-state index contributed by atoms with van der Waals surface area (Å²) in [4.78, 5) is 4.76. The van der Waals surface area contributed by atoms with E-state index in [-0.39, 0.29) is 5.92 Å². The van der Waals surface area contributed by atoms with Gasteiger partial charge in [-0.1, -0.05) is 25.2 Å². The summed E-state index contributed by atoms with van der Waals surface area (Å²) in [5, 5.41) is 13.6. The molecule has 3 rings (SSSR count). The first-order chi connectivity index (χ1) is 8.66. The molecule has 0 fully saturated rings. The quantitative estimate of drug-likeness (QED) is 0.761. The molecule has 92 valence electrons. The molecule has 0 spiro atoms. The van der Waals surface area contributed by atoms with Gasteiger partial charge in [0.05, 0.1) is 11.9 Å². The van der Waals surface area contributed by atoms with Gasteiger partial charge in [0.1, 0.15) is 5.01 Å². The normalized spacial score (nSPS) is 11.5. The van der Waals surface area contributed by atoms with Gasteiger partial charge in [0.15, 0.2) is 5.82 Å². The third kappa shape index (κ3) is 1.63. The van der Waals surface area contributed by atoms with Gasteiger partial charge in [-0.3, -0.25) is 4.98 Å². The number of anilines is 1. The highest BCUT2D eigenvalue weighted by Gasteiger charge is 2.16. The number of nitrogen functional groups attached to an aromatic ring is 1. The van der Waals surface area contributed by atoms with Crippen molar-refractivity contribution in [2.45, 2.75) is 19.8 Å². The van der Waals surface area contributed by atoms with Gasteiger partial charge in [0, 0.05) is 17.7 Å². The maximum atomic E-state index is 5.90. The Balaban J connectivity index is 2.17. The fraction of sp³-hybridized carbons (Fsp3) is 0.273. The van der Waals surface area contributed by atoms with Crippen molar-refractivity contribution in [1.29, 1.82) is 0 Å². The van der Waals surface area contributed by atoms with E-state index >= 15 is 0 Å². The van der Waals surface area contributed by atoms with E-state index < -0.39 is 0 Å². The Morgan fingerprint density at radius 2 is 2.17 bits per heavy atom. The predicted octanol–water partition coefficient (Wildman–Crippen LogP) is 1.95. The summed E-state index contributed by atoms with van der Waals surface area (Å²) < 4.78 is 1.78. The summed E-state index contributed by atoms with van der Waals surface area (Å²) in [6.07, 6.45) is 3.33. The highest BCUT2D eigenvalue weighted by molar-refractivity contribution is 7.19. The Hall–Kier alpha value is -2.02. The van der Waals surface area contributed by atoms with Crippen molar-refractivity contribution in [2.24, 2.45) is 0 Å². The van der Waals surface area contributed by atoms with Crippen LogP contribution in [0.1, 0.15) is 25.6 Å². The molecule has 18 heavy (non-hydrogen) atoms. The molecule has 0 unspecified atom stereocenters. The lowest BCUT2D eigenvalue weighted by Crippen LogP contribution is -1.98. The summed E-state index contributed by atoms with van der Waals surface area (Å²) in [6, 6.07) is 1.86. The Morgan fingerprint density at radius 3 is 2.89 bits per heavy atom. The van der Waals surface area contributed by atoms with Crippen LogP contribution in [-0.4, -0.2) is 24.8 Å². The van der Waals surface area contributed by atoms with Crippen molar-refractivity contribution in [2.75, 3.05) is 5.73 Å². The van der Waals surface area contributed by atoms with Gasteiger partial charge in [-0.2, -0.15) is 9.61 Å². The van der Waals surface area contributed by atoms with Gasteiger partial charge in [0.25, 0.3) is 0 Å². The monoisotopic (exact) mass is 260 g/mol. The van der Waals surface area contributed by atoms with E-state index in [1.807, 2.05) is 6.07 Å². The van der Waals surface area contributed by atoms with E-state index in [4.69, 9.17) is 5.73 Å². The second kappa shape index (κ2) is 4.02. The molecule has 0 aliphatic heterocycles. The van der Waals surface area contributed by atoms with Crippen LogP contribution in [0.4, 0.5) is 5.69 Å². The molecule has 0 aliphatic carbocycles. The van der Waals surface area contributed by atoms with Gasteiger partial charge in [-0.15, -0.1) is 10.2 Å². The van der Waals surface area contributed by atoms with Crippen molar-refractivity contribution < 1.29 is 0 Å². The molecule has 0 aliphatic rings. The fourth-order valence-electron chi connectivity index (χ4n) is 1.70. The van der Waals surface area contributed by atoms with Crippen molar-refractivity contribution in [3.63, 3.8) is 0 Å². The second-order valence-electron chi connectivity index (χ2n) is 4.28. The van der Waals surface area contributed by atoms with E-state index in [1.54, 1.807) is 16.9 Å². The van der Waals surface area contributed by atoms with Gasteiger partial charge in [-0.25, -0.2) is 0 Å². The molecule has 3 aromatic rings. The number of nitrogens with two attached hydrogens (primary N) is 1. The molecule has 6 nitrogen and oxygen atoms in total. The maximum absolute atomic E-state index is 5.90. The average Bonchev–Trinajstić information content (AvgIpc) is 2.88. The molecule has 0 atom stereocenters. The van der Waals surface area contributed by atoms with Crippen molar-refractivity contribution >= 4 is 22.0 Å². The standard InChI is InChI=1S/C11H12N6S/c1-6(2)9-14-15-11-17(9)16-10(18-11)7-3-4-13-5-8(7)12/h3-6H,12H2,1-2H3. The molecule has 3 heterocycles. The predicted molar refractivity (Wildman–Crippen MR) is 70.4 cm³/mol. The number of pyridine rings is 1. The van der Waals surface area contributed by atoms with Gasteiger partial charge in [-0.05, 0) is 6.07 Å². The highest BCUT2D eigenvalue weighted by Crippen LogP contribution is 2.29. The van der Waals surface area contributed by atoms with Gasteiger partial charge >= 0.3 is 0 Å². The summed E-state index contributed by atoms with van der Waals surface area (Å²) in [5.41, 5.74) is 7.40. The van der Waals surface area contributed by atoms with Crippen molar-refractivity contribution in [3.8, 4) is 10.6 Å². The van der Waals surface area contributed by atoms with Crippen LogP contribution in [-0.2, 0) is 0 Å². The first-order valence-corrected chi connectivity index (χ1v) is 6.40. The Bertz CT molecular complexity index is 698. The molecule has 0 radical (unpaired) electrons. The number of hydrogen-bond donors (Lipinski definition) is 1. The van der Waals surface area contributed by atoms with E-state index in [2.05, 4.69) is 34.1 Å². The van der Waals surface area contributed by atoms with Gasteiger partial charge in [0.2, 0.25) is 4.96 Å². The van der Waals surface area contributed by atoms with E-state index in [0.29, 0.717) is 5.69 Å². The molecule has 0 aromatic carbocycles. The number of fused-ring (bicyclic) bond motifs is 1. The van der Waals surface area contributed by atoms with Crippen LogP contribution >= 0.6 is 11.3 Å². The minimum atomic E-state index is 0.282. The zero-order valence-corrected chi connectivity index (χ0v) is 10.8. The minimum Gasteiger partial charge on any atom is -0.397 e. The zero-order valence-electron chi connectivity index (χ0n) is 10.0. The summed E-state index contributed by atoms with van der Waals surface area (Å²) in [7, 11) is 0. The van der Waals surface area contributed by atoms with Crippen LogP contribution < -0.4 is 5.73 Å². The van der Waals surface area contributed by atoms with Crippen LogP contribution in [0.5, 0.6) is 0 Å². The largest absolute Gasteiger partial charge is 0.397 e. The summed E-state index contributed by atoms with van der Waals surface area (Å²) in [6.45, 7) is 4.13. The number of rotatable bonds is 2. The smallest absolute Gasteiger partial charge is 0.234 e. The number of aromatic nitrogens is 5. The molecule has 0 saturated heterocycles. The Morgan fingerprint density at radius 1 is 1.33 bits per heavy atom. The van der Waals surface area contributed by atoms with Crippen LogP contribution in [0, 0.1) is 0 Å². The number of hydrogen-bond acceptors (Lipinski definition) is 6. The molecule has 0 bridgehead atoms. The van der Waals surface area contributed by atoms with Crippen molar-refractivity contribution in [1.82, 2.24) is 24.8 Å². The van der Waals surface area contributed by atoms with E-state index in [0.717, 1.165) is 21.4 Å². The second-order valence-corrected chi connectivity index (χ2v) is 5.23. The molecule has 0 amide bonds. The maximum Gasteiger partial charge on any atom is 0.234 e. The molecular formula is C11H12N6S. The fourth-order valence-corrected chi connectivity index (χ4v) is 2.60. The first-order valence-electron chi connectivity index (χ1n) is 5.59. The summed E-state index contributed by atoms with van der Waals surface area (Å²) >= 11 is 1.47. The Labute approximate surface area is 107 Å². The third-order valence-corrected chi connectivity index (χ3v) is 3.55. The lowest BCUT2D eigenvalue weighted by molar-refractivity contribution is 0.727. The van der Waals surface area contributed by atoms with Crippen LogP contribution in [0.2, 0.25) is 0 Å². The molecule has 0 saturated carbocycles. The average molecular weight is 260 g/mol. The molecule has 3 aromatic heterocycles. The van der Waals surface area contributed by atoms with Crippen molar-refractivity contribution in [3.05, 3.63) is 24.3 Å². The molecule has 7 heteroatoms. The Kier molecular flexibility index (Phi) is 2.48. The number of nitrogens with zero attached hydrogens (tertiary/aromatic N) is 5. The lowest BCUT2D eigenvalue weighted by Gasteiger charge is -2.00. The summed E-state index contributed by atoms with van der Waals surface area (Å²) in [5.74, 6) is 1.14. The molecular weight excluding hydrogens is 248 g/mol. The van der Waals surface area contributed by atoms with Crippen LogP contribution in [0.3, 0.4) is 0 Å². The van der Waals surface area contributed by atoms with Crippen LogP contribution in [0.15, 0.2) is 18.5 Å². The highest BCUT2D eigenvalue weighted by atomic mass is 32.1. The van der Waals surface area contributed by atoms with Crippen LogP contribution in [0.25, 0.3) is 15.5 Å².